The second-order valence-electron chi connectivity index (χ2n) is 9.69. The van der Waals surface area contributed by atoms with Crippen molar-refractivity contribution >= 4 is 45.8 Å². The molecule has 0 fully saturated rings. The minimum atomic E-state index is 0.613. The van der Waals surface area contributed by atoms with Gasteiger partial charge in [0.15, 0.2) is 5.82 Å². The lowest BCUT2D eigenvalue weighted by Gasteiger charge is -2.12. The molecule has 5 aromatic rings. The highest BCUT2D eigenvalue weighted by atomic mass is 35.5. The number of rotatable bonds is 7. The van der Waals surface area contributed by atoms with E-state index in [9.17, 15) is 0 Å². The summed E-state index contributed by atoms with van der Waals surface area (Å²) in [7, 11) is 0. The minimum absolute atomic E-state index is 0.613. The Morgan fingerprint density at radius 2 is 1.68 bits per heavy atom. The number of benzene rings is 3. The zero-order valence-electron chi connectivity index (χ0n) is 21.4. The molecule has 0 radical (unpaired) electrons. The van der Waals surface area contributed by atoms with Crippen LogP contribution in [0.3, 0.4) is 0 Å². The van der Waals surface area contributed by atoms with E-state index in [1.165, 1.54) is 22.3 Å². The normalized spacial score (nSPS) is 12.9. The van der Waals surface area contributed by atoms with Crippen molar-refractivity contribution in [3.63, 3.8) is 0 Å². The molecule has 0 saturated heterocycles. The van der Waals surface area contributed by atoms with Gasteiger partial charge in [0.05, 0.1) is 6.54 Å². The van der Waals surface area contributed by atoms with Gasteiger partial charge in [-0.3, -0.25) is 0 Å². The number of thiocarbonyl (C=S) groups is 1. The summed E-state index contributed by atoms with van der Waals surface area (Å²) in [6.07, 6.45) is 4.25. The highest BCUT2D eigenvalue weighted by Crippen LogP contribution is 2.37. The Morgan fingerprint density at radius 1 is 0.947 bits per heavy atom. The van der Waals surface area contributed by atoms with E-state index < -0.39 is 0 Å². The predicted molar refractivity (Wildman–Crippen MR) is 161 cm³/mol. The van der Waals surface area contributed by atoms with Crippen LogP contribution in [-0.4, -0.2) is 19.2 Å². The van der Waals surface area contributed by atoms with E-state index in [-0.39, 0.29) is 0 Å². The molecule has 3 heterocycles. The molecule has 0 spiro atoms. The molecule has 0 bridgehead atoms. The molecular weight excluding hydrogens is 510 g/mol. The average molecular weight is 540 g/mol. The number of aromatic nitrogens is 3. The van der Waals surface area contributed by atoms with Crippen LogP contribution in [0.15, 0.2) is 78.9 Å². The molecule has 0 aliphatic carbocycles. The standard InChI is InChI=1S/C31H30ClN5S/c1-2-21-11-15-25(16-12-21)34-30(38)29-28(22-8-4-3-5-9-22)26-10-6-7-19-36-27(35-37(29)31(26)36)20-33-24-17-13-23(32)14-18-24/h3-5,8-9,11-18,33H,2,6-7,10,19-20H2,1H3,(H,34,38). The second-order valence-corrected chi connectivity index (χ2v) is 10.5. The maximum Gasteiger partial charge on any atom is 0.150 e. The molecular formula is C31H30ClN5S. The van der Waals surface area contributed by atoms with Crippen LogP contribution in [0.2, 0.25) is 5.02 Å². The van der Waals surface area contributed by atoms with Crippen LogP contribution < -0.4 is 10.6 Å². The quantitative estimate of drug-likeness (QED) is 0.207. The lowest BCUT2D eigenvalue weighted by Crippen LogP contribution is -2.15. The van der Waals surface area contributed by atoms with Crippen LogP contribution in [0.1, 0.15) is 42.4 Å². The fourth-order valence-corrected chi connectivity index (χ4v) is 5.76. The summed E-state index contributed by atoms with van der Waals surface area (Å²) in [6.45, 7) is 3.71. The summed E-state index contributed by atoms with van der Waals surface area (Å²) in [5, 5.41) is 12.9. The molecule has 2 aromatic heterocycles. The van der Waals surface area contributed by atoms with Crippen molar-refractivity contribution in [2.45, 2.75) is 45.7 Å². The monoisotopic (exact) mass is 539 g/mol. The van der Waals surface area contributed by atoms with E-state index in [1.807, 2.05) is 24.3 Å². The highest BCUT2D eigenvalue weighted by Gasteiger charge is 2.29. The first-order valence-electron chi connectivity index (χ1n) is 13.2. The van der Waals surface area contributed by atoms with Gasteiger partial charge in [-0.25, -0.2) is 4.52 Å². The first-order valence-corrected chi connectivity index (χ1v) is 14.0. The summed E-state index contributed by atoms with van der Waals surface area (Å²) in [6, 6.07) is 26.9. The van der Waals surface area contributed by atoms with Gasteiger partial charge in [-0.2, -0.15) is 5.10 Å². The van der Waals surface area contributed by atoms with E-state index in [0.717, 1.165) is 65.8 Å². The van der Waals surface area contributed by atoms with Crippen molar-refractivity contribution in [3.05, 3.63) is 107 Å². The van der Waals surface area contributed by atoms with E-state index in [0.29, 0.717) is 11.5 Å². The van der Waals surface area contributed by atoms with Crippen LogP contribution in [0.4, 0.5) is 11.4 Å². The van der Waals surface area contributed by atoms with E-state index in [4.69, 9.17) is 28.9 Å². The molecule has 7 heteroatoms. The molecule has 0 unspecified atom stereocenters. The van der Waals surface area contributed by atoms with Crippen molar-refractivity contribution < 1.29 is 0 Å². The molecule has 3 aromatic carbocycles. The third-order valence-electron chi connectivity index (χ3n) is 7.25. The van der Waals surface area contributed by atoms with Crippen molar-refractivity contribution in [2.24, 2.45) is 0 Å². The lowest BCUT2D eigenvalue weighted by atomic mass is 9.98. The van der Waals surface area contributed by atoms with E-state index in [1.54, 1.807) is 0 Å². The molecule has 1 aliphatic heterocycles. The number of halogens is 1. The van der Waals surface area contributed by atoms with Gasteiger partial charge in [0.25, 0.3) is 0 Å². The fraction of sp³-hybridized carbons (Fsp3) is 0.226. The molecule has 0 atom stereocenters. The second kappa shape index (κ2) is 10.6. The van der Waals surface area contributed by atoms with Gasteiger partial charge in [0.1, 0.15) is 16.3 Å². The summed E-state index contributed by atoms with van der Waals surface area (Å²) in [5.74, 6) is 0.995. The van der Waals surface area contributed by atoms with E-state index in [2.05, 4.69) is 81.2 Å². The number of nitrogens with one attached hydrogen (secondary N) is 2. The van der Waals surface area contributed by atoms with Crippen LogP contribution in [0, 0.1) is 0 Å². The fourth-order valence-electron chi connectivity index (χ4n) is 5.32. The average Bonchev–Trinajstić information content (AvgIpc) is 3.35. The number of hydrogen-bond acceptors (Lipinski definition) is 3. The smallest absolute Gasteiger partial charge is 0.150 e. The lowest BCUT2D eigenvalue weighted by molar-refractivity contribution is 0.619. The van der Waals surface area contributed by atoms with Crippen molar-refractivity contribution in [2.75, 3.05) is 10.6 Å². The third kappa shape index (κ3) is 4.70. The van der Waals surface area contributed by atoms with Gasteiger partial charge in [0, 0.05) is 34.1 Å². The minimum Gasteiger partial charge on any atom is -0.378 e. The Balaban J connectivity index is 1.45. The van der Waals surface area contributed by atoms with Gasteiger partial charge in [0.2, 0.25) is 0 Å². The molecule has 5 nitrogen and oxygen atoms in total. The van der Waals surface area contributed by atoms with Gasteiger partial charge >= 0.3 is 0 Å². The summed E-state index contributed by atoms with van der Waals surface area (Å²) < 4.78 is 4.46. The topological polar surface area (TPSA) is 46.3 Å². The molecule has 38 heavy (non-hydrogen) atoms. The van der Waals surface area contributed by atoms with Gasteiger partial charge < -0.3 is 15.2 Å². The SMILES string of the molecule is CCc1ccc(NC(=S)c2c(-c3ccccc3)c3c4n(c(CNc5ccc(Cl)cc5)nn24)CCCC3)cc1. The molecule has 2 N–H and O–H groups in total. The molecule has 0 amide bonds. The van der Waals surface area contributed by atoms with Gasteiger partial charge in [-0.1, -0.05) is 73.2 Å². The third-order valence-corrected chi connectivity index (χ3v) is 7.80. The molecule has 6 rings (SSSR count). The first-order chi connectivity index (χ1) is 18.6. The van der Waals surface area contributed by atoms with Crippen molar-refractivity contribution in [1.82, 2.24) is 14.2 Å². The molecule has 0 saturated carbocycles. The van der Waals surface area contributed by atoms with Crippen LogP contribution >= 0.6 is 23.8 Å². The highest BCUT2D eigenvalue weighted by molar-refractivity contribution is 7.81. The maximum atomic E-state index is 6.09. The number of hydrogen-bond donors (Lipinski definition) is 2. The zero-order valence-corrected chi connectivity index (χ0v) is 22.9. The van der Waals surface area contributed by atoms with Crippen LogP contribution in [0.25, 0.3) is 16.8 Å². The first kappa shape index (κ1) is 24.7. The summed E-state index contributed by atoms with van der Waals surface area (Å²) in [5.41, 5.74) is 9.07. The summed E-state index contributed by atoms with van der Waals surface area (Å²) >= 11 is 12.2. The van der Waals surface area contributed by atoms with E-state index >= 15 is 0 Å². The Kier molecular flexibility index (Phi) is 6.92. The van der Waals surface area contributed by atoms with Crippen molar-refractivity contribution in [3.8, 4) is 11.1 Å². The largest absolute Gasteiger partial charge is 0.378 e. The van der Waals surface area contributed by atoms with Gasteiger partial charge in [-0.05, 0) is 73.2 Å². The Hall–Kier alpha value is -3.61. The predicted octanol–water partition coefficient (Wildman–Crippen LogP) is 7.75. The van der Waals surface area contributed by atoms with Crippen LogP contribution in [0.5, 0.6) is 0 Å². The Labute approximate surface area is 233 Å². The number of nitrogens with zero attached hydrogens (tertiary/aromatic N) is 3. The maximum absolute atomic E-state index is 6.09. The zero-order chi connectivity index (χ0) is 26.1. The van der Waals surface area contributed by atoms with Crippen molar-refractivity contribution in [1.29, 1.82) is 0 Å². The molecule has 1 aliphatic rings. The Morgan fingerprint density at radius 3 is 2.42 bits per heavy atom. The van der Waals surface area contributed by atoms with Gasteiger partial charge in [-0.15, -0.1) is 0 Å². The summed E-state index contributed by atoms with van der Waals surface area (Å²) in [4.78, 5) is 0.678. The number of anilines is 2. The Bertz CT molecular complexity index is 1580. The number of aryl methyl sites for hydroxylation is 3. The van der Waals surface area contributed by atoms with Crippen LogP contribution in [-0.2, 0) is 25.9 Å². The molecule has 192 valence electrons.